The van der Waals surface area contributed by atoms with Gasteiger partial charge in [-0.05, 0) is 50.5 Å². The van der Waals surface area contributed by atoms with Crippen LogP contribution < -0.4 is 5.32 Å². The summed E-state index contributed by atoms with van der Waals surface area (Å²) >= 11 is 0. The third-order valence-electron chi connectivity index (χ3n) is 3.51. The Kier molecular flexibility index (Phi) is 3.98. The molecular formula is C17H23NO. The third kappa shape index (κ3) is 3.19. The first-order valence-corrected chi connectivity index (χ1v) is 6.91. The SMILES string of the molecule is Cc1cc(C(C)Nc2ccc(C(C)C)cc2)c(C)o1. The van der Waals surface area contributed by atoms with Crippen LogP contribution in [0.15, 0.2) is 34.7 Å². The lowest BCUT2D eigenvalue weighted by atomic mass is 10.0. The van der Waals surface area contributed by atoms with Gasteiger partial charge in [0.2, 0.25) is 0 Å². The molecule has 0 aliphatic heterocycles. The van der Waals surface area contributed by atoms with Gasteiger partial charge in [-0.25, -0.2) is 0 Å². The molecule has 0 radical (unpaired) electrons. The molecule has 1 heterocycles. The fourth-order valence-electron chi connectivity index (χ4n) is 2.37. The quantitative estimate of drug-likeness (QED) is 0.815. The summed E-state index contributed by atoms with van der Waals surface area (Å²) in [6, 6.07) is 11.0. The van der Waals surface area contributed by atoms with Crippen molar-refractivity contribution < 1.29 is 4.42 Å². The van der Waals surface area contributed by atoms with Crippen molar-refractivity contribution in [3.8, 4) is 0 Å². The molecule has 1 N–H and O–H groups in total. The van der Waals surface area contributed by atoms with Gasteiger partial charge in [-0.3, -0.25) is 0 Å². The van der Waals surface area contributed by atoms with Crippen LogP contribution in [0.1, 0.15) is 55.4 Å². The van der Waals surface area contributed by atoms with E-state index in [1.165, 1.54) is 11.1 Å². The number of hydrogen-bond acceptors (Lipinski definition) is 2. The molecule has 19 heavy (non-hydrogen) atoms. The molecule has 0 spiro atoms. The fraction of sp³-hybridized carbons (Fsp3) is 0.412. The van der Waals surface area contributed by atoms with E-state index in [2.05, 4.69) is 56.4 Å². The average molecular weight is 257 g/mol. The highest BCUT2D eigenvalue weighted by atomic mass is 16.3. The monoisotopic (exact) mass is 257 g/mol. The van der Waals surface area contributed by atoms with Gasteiger partial charge < -0.3 is 9.73 Å². The molecule has 0 aliphatic carbocycles. The van der Waals surface area contributed by atoms with Crippen LogP contribution in [0.5, 0.6) is 0 Å². The Bertz CT molecular complexity index is 537. The van der Waals surface area contributed by atoms with Crippen LogP contribution >= 0.6 is 0 Å². The van der Waals surface area contributed by atoms with Gasteiger partial charge >= 0.3 is 0 Å². The number of furan rings is 1. The number of hydrogen-bond donors (Lipinski definition) is 1. The normalized spacial score (nSPS) is 12.7. The highest BCUT2D eigenvalue weighted by molar-refractivity contribution is 5.47. The van der Waals surface area contributed by atoms with Crippen LogP contribution in [0, 0.1) is 13.8 Å². The Balaban J connectivity index is 2.10. The zero-order valence-electron chi connectivity index (χ0n) is 12.4. The molecule has 2 aromatic rings. The summed E-state index contributed by atoms with van der Waals surface area (Å²) in [6.07, 6.45) is 0. The van der Waals surface area contributed by atoms with Gasteiger partial charge in [0.25, 0.3) is 0 Å². The van der Waals surface area contributed by atoms with E-state index in [0.29, 0.717) is 5.92 Å². The first-order chi connectivity index (χ1) is 8.97. The highest BCUT2D eigenvalue weighted by Crippen LogP contribution is 2.25. The van der Waals surface area contributed by atoms with Crippen molar-refractivity contribution in [2.75, 3.05) is 5.32 Å². The summed E-state index contributed by atoms with van der Waals surface area (Å²) in [5, 5.41) is 3.52. The molecule has 1 atom stereocenters. The molecule has 1 aromatic heterocycles. The van der Waals surface area contributed by atoms with Crippen LogP contribution in [-0.4, -0.2) is 0 Å². The molecule has 0 amide bonds. The van der Waals surface area contributed by atoms with Crippen molar-refractivity contribution in [1.29, 1.82) is 0 Å². The molecule has 2 rings (SSSR count). The highest BCUT2D eigenvalue weighted by Gasteiger charge is 2.12. The number of benzene rings is 1. The first-order valence-electron chi connectivity index (χ1n) is 6.91. The van der Waals surface area contributed by atoms with Gasteiger partial charge in [-0.1, -0.05) is 26.0 Å². The number of anilines is 1. The summed E-state index contributed by atoms with van der Waals surface area (Å²) in [7, 11) is 0. The number of aryl methyl sites for hydroxylation is 2. The van der Waals surface area contributed by atoms with Gasteiger partial charge in [0.05, 0.1) is 6.04 Å². The third-order valence-corrected chi connectivity index (χ3v) is 3.51. The summed E-state index contributed by atoms with van der Waals surface area (Å²) < 4.78 is 5.58. The molecule has 0 saturated heterocycles. The number of nitrogens with one attached hydrogen (secondary N) is 1. The predicted molar refractivity (Wildman–Crippen MR) is 80.8 cm³/mol. The van der Waals surface area contributed by atoms with Gasteiger partial charge in [0.15, 0.2) is 0 Å². The molecular weight excluding hydrogens is 234 g/mol. The van der Waals surface area contributed by atoms with Crippen LogP contribution in [0.4, 0.5) is 5.69 Å². The van der Waals surface area contributed by atoms with Crippen molar-refractivity contribution in [1.82, 2.24) is 0 Å². The minimum atomic E-state index is 0.252. The molecule has 2 nitrogen and oxygen atoms in total. The topological polar surface area (TPSA) is 25.2 Å². The van der Waals surface area contributed by atoms with Crippen LogP contribution in [0.3, 0.4) is 0 Å². The summed E-state index contributed by atoms with van der Waals surface area (Å²) in [4.78, 5) is 0. The lowest BCUT2D eigenvalue weighted by Gasteiger charge is -2.15. The largest absolute Gasteiger partial charge is 0.466 e. The standard InChI is InChI=1S/C17H23NO/c1-11(2)15-6-8-16(9-7-15)18-13(4)17-10-12(3)19-14(17)5/h6-11,13,18H,1-5H3. The zero-order valence-corrected chi connectivity index (χ0v) is 12.4. The van der Waals surface area contributed by atoms with E-state index in [9.17, 15) is 0 Å². The zero-order chi connectivity index (χ0) is 14.0. The second-order valence-electron chi connectivity index (χ2n) is 5.51. The molecule has 0 fully saturated rings. The van der Waals surface area contributed by atoms with Gasteiger partial charge in [-0.15, -0.1) is 0 Å². The minimum absolute atomic E-state index is 0.252. The van der Waals surface area contributed by atoms with E-state index in [-0.39, 0.29) is 6.04 Å². The van der Waals surface area contributed by atoms with Crippen molar-refractivity contribution in [2.45, 2.75) is 46.6 Å². The fourth-order valence-corrected chi connectivity index (χ4v) is 2.37. The Hall–Kier alpha value is -1.70. The molecule has 0 saturated carbocycles. The predicted octanol–water partition coefficient (Wildman–Crippen LogP) is 5.19. The van der Waals surface area contributed by atoms with Crippen LogP contribution in [-0.2, 0) is 0 Å². The van der Waals surface area contributed by atoms with Crippen molar-refractivity contribution in [3.05, 3.63) is 53.0 Å². The van der Waals surface area contributed by atoms with Crippen LogP contribution in [0.2, 0.25) is 0 Å². The minimum Gasteiger partial charge on any atom is -0.466 e. The maximum Gasteiger partial charge on any atom is 0.106 e. The lowest BCUT2D eigenvalue weighted by molar-refractivity contribution is 0.500. The van der Waals surface area contributed by atoms with Crippen molar-refractivity contribution in [2.24, 2.45) is 0 Å². The molecule has 1 aromatic carbocycles. The van der Waals surface area contributed by atoms with E-state index < -0.39 is 0 Å². The van der Waals surface area contributed by atoms with Crippen molar-refractivity contribution >= 4 is 5.69 Å². The second-order valence-corrected chi connectivity index (χ2v) is 5.51. The molecule has 0 bridgehead atoms. The van der Waals surface area contributed by atoms with E-state index >= 15 is 0 Å². The molecule has 0 aliphatic rings. The Labute approximate surface area is 115 Å². The maximum atomic E-state index is 5.58. The summed E-state index contributed by atoms with van der Waals surface area (Å²) in [5.74, 6) is 2.54. The van der Waals surface area contributed by atoms with E-state index in [4.69, 9.17) is 4.42 Å². The van der Waals surface area contributed by atoms with E-state index in [0.717, 1.165) is 17.2 Å². The van der Waals surface area contributed by atoms with Crippen molar-refractivity contribution in [3.63, 3.8) is 0 Å². The van der Waals surface area contributed by atoms with E-state index in [1.54, 1.807) is 0 Å². The maximum absolute atomic E-state index is 5.58. The average Bonchev–Trinajstić information content (AvgIpc) is 2.69. The van der Waals surface area contributed by atoms with Gasteiger partial charge in [-0.2, -0.15) is 0 Å². The smallest absolute Gasteiger partial charge is 0.106 e. The Morgan fingerprint density at radius 1 is 1.00 bits per heavy atom. The lowest BCUT2D eigenvalue weighted by Crippen LogP contribution is -2.06. The molecule has 1 unspecified atom stereocenters. The van der Waals surface area contributed by atoms with Crippen LogP contribution in [0.25, 0.3) is 0 Å². The Morgan fingerprint density at radius 3 is 2.11 bits per heavy atom. The van der Waals surface area contributed by atoms with E-state index in [1.807, 2.05) is 13.8 Å². The molecule has 2 heteroatoms. The van der Waals surface area contributed by atoms with Gasteiger partial charge in [0, 0.05) is 11.3 Å². The summed E-state index contributed by atoms with van der Waals surface area (Å²) in [6.45, 7) is 10.6. The number of rotatable bonds is 4. The Morgan fingerprint density at radius 2 is 1.63 bits per heavy atom. The summed E-state index contributed by atoms with van der Waals surface area (Å²) in [5.41, 5.74) is 3.74. The molecule has 102 valence electrons. The van der Waals surface area contributed by atoms with Gasteiger partial charge in [0.1, 0.15) is 11.5 Å². The first kappa shape index (κ1) is 13.7. The second kappa shape index (κ2) is 5.52.